The van der Waals surface area contributed by atoms with Crippen molar-refractivity contribution in [2.24, 2.45) is 5.92 Å². The van der Waals surface area contributed by atoms with Crippen LogP contribution in [0.25, 0.3) is 0 Å². The lowest BCUT2D eigenvalue weighted by Crippen LogP contribution is -2.28. The molecule has 1 aromatic rings. The monoisotopic (exact) mass is 267 g/mol. The number of carbonyl (C=O) groups is 1. The Hall–Kier alpha value is -1.78. The molecule has 1 rings (SSSR count). The van der Waals surface area contributed by atoms with Crippen LogP contribution in [0.2, 0.25) is 0 Å². The number of hydrogen-bond acceptors (Lipinski definition) is 3. The van der Waals surface area contributed by atoms with Crippen molar-refractivity contribution in [3.05, 3.63) is 28.2 Å². The minimum atomic E-state index is -1.20. The molecule has 106 valence electrons. The molecule has 0 aromatic carbocycles. The summed E-state index contributed by atoms with van der Waals surface area (Å²) in [6.45, 7) is 6.07. The molecule has 5 heteroatoms. The van der Waals surface area contributed by atoms with Gasteiger partial charge < -0.3 is 10.2 Å². The fourth-order valence-electron chi connectivity index (χ4n) is 2.14. The van der Waals surface area contributed by atoms with Gasteiger partial charge in [-0.15, -0.1) is 0 Å². The molecule has 0 saturated heterocycles. The van der Waals surface area contributed by atoms with Gasteiger partial charge in [-0.25, -0.2) is 4.79 Å². The van der Waals surface area contributed by atoms with Crippen LogP contribution < -0.4 is 5.56 Å². The van der Waals surface area contributed by atoms with E-state index in [1.54, 1.807) is 0 Å². The van der Waals surface area contributed by atoms with Gasteiger partial charge in [0.15, 0.2) is 0 Å². The highest BCUT2D eigenvalue weighted by molar-refractivity contribution is 5.86. The molecule has 0 amide bonds. The normalized spacial score (nSPS) is 12.6. The van der Waals surface area contributed by atoms with E-state index in [9.17, 15) is 14.7 Å². The molecule has 2 N–H and O–H groups in total. The molecule has 0 bridgehead atoms. The van der Waals surface area contributed by atoms with Crippen LogP contribution in [0.4, 0.5) is 0 Å². The van der Waals surface area contributed by atoms with E-state index >= 15 is 0 Å². The van der Waals surface area contributed by atoms with Crippen molar-refractivity contribution in [2.75, 3.05) is 0 Å². The maximum atomic E-state index is 11.8. The number of nitrogens with zero attached hydrogens (tertiary/aromatic N) is 1. The fourth-order valence-corrected chi connectivity index (χ4v) is 2.14. The molecule has 1 heterocycles. The minimum Gasteiger partial charge on any atom is -0.508 e. The SMILES string of the molecule is CC(C)CCCC(C)n1c(C(=O)O)cc(O)cc1=O. The summed E-state index contributed by atoms with van der Waals surface area (Å²) in [6, 6.07) is 1.96. The molecule has 1 unspecified atom stereocenters. The summed E-state index contributed by atoms with van der Waals surface area (Å²) in [7, 11) is 0. The summed E-state index contributed by atoms with van der Waals surface area (Å²) < 4.78 is 1.24. The Labute approximate surface area is 112 Å². The smallest absolute Gasteiger partial charge is 0.352 e. The summed E-state index contributed by atoms with van der Waals surface area (Å²) >= 11 is 0. The van der Waals surface area contributed by atoms with E-state index in [1.807, 2.05) is 6.92 Å². The predicted molar refractivity (Wildman–Crippen MR) is 72.7 cm³/mol. The topological polar surface area (TPSA) is 79.5 Å². The van der Waals surface area contributed by atoms with Crippen molar-refractivity contribution in [3.8, 4) is 5.75 Å². The first kappa shape index (κ1) is 15.3. The third-order valence-corrected chi connectivity index (χ3v) is 3.12. The van der Waals surface area contributed by atoms with Gasteiger partial charge in [-0.3, -0.25) is 9.36 Å². The Balaban J connectivity index is 2.98. The van der Waals surface area contributed by atoms with E-state index in [1.165, 1.54) is 4.57 Å². The molecule has 0 saturated carbocycles. The van der Waals surface area contributed by atoms with E-state index in [4.69, 9.17) is 5.11 Å². The molecular weight excluding hydrogens is 246 g/mol. The summed E-state index contributed by atoms with van der Waals surface area (Å²) in [5, 5.41) is 18.4. The summed E-state index contributed by atoms with van der Waals surface area (Å²) in [5.41, 5.74) is -0.642. The molecule has 1 atom stereocenters. The maximum Gasteiger partial charge on any atom is 0.352 e. The molecular formula is C14H21NO4. The lowest BCUT2D eigenvalue weighted by Gasteiger charge is -2.18. The molecule has 0 aliphatic heterocycles. The Morgan fingerprint density at radius 2 is 1.89 bits per heavy atom. The second-order valence-electron chi connectivity index (χ2n) is 5.29. The van der Waals surface area contributed by atoms with E-state index in [-0.39, 0.29) is 17.5 Å². The highest BCUT2D eigenvalue weighted by atomic mass is 16.4. The zero-order valence-corrected chi connectivity index (χ0v) is 11.6. The van der Waals surface area contributed by atoms with Crippen molar-refractivity contribution in [1.29, 1.82) is 0 Å². The number of pyridine rings is 1. The number of rotatable bonds is 6. The van der Waals surface area contributed by atoms with E-state index < -0.39 is 11.5 Å². The second kappa shape index (κ2) is 6.41. The van der Waals surface area contributed by atoms with Gasteiger partial charge in [0.2, 0.25) is 0 Å². The van der Waals surface area contributed by atoms with E-state index in [0.29, 0.717) is 5.92 Å². The van der Waals surface area contributed by atoms with Crippen LogP contribution in [-0.2, 0) is 0 Å². The van der Waals surface area contributed by atoms with Gasteiger partial charge in [-0.05, 0) is 19.3 Å². The van der Waals surface area contributed by atoms with Crippen LogP contribution in [0.15, 0.2) is 16.9 Å². The molecule has 0 radical (unpaired) electrons. The third-order valence-electron chi connectivity index (χ3n) is 3.12. The molecule has 19 heavy (non-hydrogen) atoms. The van der Waals surface area contributed by atoms with Crippen molar-refractivity contribution >= 4 is 5.97 Å². The lowest BCUT2D eigenvalue weighted by atomic mass is 10.0. The van der Waals surface area contributed by atoms with Crippen molar-refractivity contribution < 1.29 is 15.0 Å². The van der Waals surface area contributed by atoms with E-state index in [0.717, 1.165) is 31.4 Å². The number of carboxylic acid groups (broad SMARTS) is 1. The van der Waals surface area contributed by atoms with Gasteiger partial charge in [0.05, 0.1) is 0 Å². The van der Waals surface area contributed by atoms with Gasteiger partial charge in [0.25, 0.3) is 5.56 Å². The molecule has 0 fully saturated rings. The van der Waals surface area contributed by atoms with Crippen LogP contribution in [0.1, 0.15) is 56.6 Å². The number of aromatic carboxylic acids is 1. The first-order valence-electron chi connectivity index (χ1n) is 6.51. The summed E-state index contributed by atoms with van der Waals surface area (Å²) in [6.07, 6.45) is 2.72. The maximum absolute atomic E-state index is 11.8. The zero-order chi connectivity index (χ0) is 14.6. The Morgan fingerprint density at radius 3 is 2.42 bits per heavy atom. The van der Waals surface area contributed by atoms with Gasteiger partial charge in [-0.2, -0.15) is 0 Å². The number of aromatic hydroxyl groups is 1. The average molecular weight is 267 g/mol. The molecule has 0 aliphatic rings. The van der Waals surface area contributed by atoms with Gasteiger partial charge in [0.1, 0.15) is 11.4 Å². The highest BCUT2D eigenvalue weighted by Crippen LogP contribution is 2.19. The van der Waals surface area contributed by atoms with Crippen molar-refractivity contribution in [1.82, 2.24) is 4.57 Å². The first-order chi connectivity index (χ1) is 8.82. The largest absolute Gasteiger partial charge is 0.508 e. The second-order valence-corrected chi connectivity index (χ2v) is 5.29. The summed E-state index contributed by atoms with van der Waals surface area (Å²) in [5.74, 6) is -0.931. The summed E-state index contributed by atoms with van der Waals surface area (Å²) in [4.78, 5) is 23.0. The fraction of sp³-hybridized carbons (Fsp3) is 0.571. The van der Waals surface area contributed by atoms with Gasteiger partial charge in [-0.1, -0.05) is 26.7 Å². The molecule has 5 nitrogen and oxygen atoms in total. The third kappa shape index (κ3) is 4.12. The van der Waals surface area contributed by atoms with Crippen molar-refractivity contribution in [2.45, 2.75) is 46.1 Å². The molecule has 0 spiro atoms. The zero-order valence-electron chi connectivity index (χ0n) is 11.6. The van der Waals surface area contributed by atoms with Crippen molar-refractivity contribution in [3.63, 3.8) is 0 Å². The quantitative estimate of drug-likeness (QED) is 0.830. The molecule has 1 aromatic heterocycles. The number of aromatic nitrogens is 1. The van der Waals surface area contributed by atoms with Crippen LogP contribution in [0.5, 0.6) is 5.75 Å². The molecule has 0 aliphatic carbocycles. The van der Waals surface area contributed by atoms with Gasteiger partial charge in [0, 0.05) is 18.2 Å². The minimum absolute atomic E-state index is 0.165. The Kier molecular flexibility index (Phi) is 5.15. The van der Waals surface area contributed by atoms with Crippen LogP contribution in [0.3, 0.4) is 0 Å². The lowest BCUT2D eigenvalue weighted by molar-refractivity contribution is 0.0679. The highest BCUT2D eigenvalue weighted by Gasteiger charge is 2.17. The van der Waals surface area contributed by atoms with Crippen LogP contribution in [0, 0.1) is 5.92 Å². The first-order valence-corrected chi connectivity index (χ1v) is 6.51. The number of carboxylic acids is 1. The van der Waals surface area contributed by atoms with Crippen LogP contribution >= 0.6 is 0 Å². The van der Waals surface area contributed by atoms with E-state index in [2.05, 4.69) is 13.8 Å². The van der Waals surface area contributed by atoms with Crippen LogP contribution in [-0.4, -0.2) is 20.7 Å². The van der Waals surface area contributed by atoms with Gasteiger partial charge >= 0.3 is 5.97 Å². The Morgan fingerprint density at radius 1 is 1.26 bits per heavy atom. The predicted octanol–water partition coefficient (Wildman–Crippen LogP) is 2.64. The average Bonchev–Trinajstić information content (AvgIpc) is 2.26. The Bertz CT molecular complexity index is 505. The standard InChI is InChI=1S/C14H21NO4/c1-9(2)5-4-6-10(3)15-12(14(18)19)7-11(16)8-13(15)17/h7-10,16H,4-6H2,1-3H3,(H,18,19). The number of hydrogen-bond donors (Lipinski definition) is 2.